The Morgan fingerprint density at radius 3 is 1.59 bits per heavy atom. The summed E-state index contributed by atoms with van der Waals surface area (Å²) < 4.78 is 53.5. The van der Waals surface area contributed by atoms with E-state index in [2.05, 4.69) is 108 Å². The lowest BCUT2D eigenvalue weighted by molar-refractivity contribution is -0.161. The van der Waals surface area contributed by atoms with E-state index >= 15 is 0 Å². The molecular weight excluding hydrogens is 862 g/mol. The summed E-state index contributed by atoms with van der Waals surface area (Å²) in [6.07, 6.45) is 48.5. The van der Waals surface area contributed by atoms with Gasteiger partial charge in [0.15, 0.2) is 6.10 Å². The minimum atomic E-state index is -4.88. The SMILES string of the molecule is CC/C=C\C/C=C\C/C=C\C/C=C\C/C=C\CCCCCC(=O)OC[C@H](COP(=O)(O)OC[C@@H](O)COP(=O)(O)O)OC(=O)CCC/C=C\CC1OC1C/C=C\C/C=C\CCCCC. The van der Waals surface area contributed by atoms with Gasteiger partial charge in [-0.3, -0.25) is 23.2 Å². The minimum absolute atomic E-state index is 0.0339. The van der Waals surface area contributed by atoms with Crippen LogP contribution in [0.2, 0.25) is 0 Å². The lowest BCUT2D eigenvalue weighted by Crippen LogP contribution is -2.29. The van der Waals surface area contributed by atoms with E-state index in [1.807, 2.05) is 12.2 Å². The molecule has 3 unspecified atom stereocenters. The number of phosphoric ester groups is 2. The van der Waals surface area contributed by atoms with E-state index in [9.17, 15) is 28.7 Å². The summed E-state index contributed by atoms with van der Waals surface area (Å²) in [5.74, 6) is -1.15. The molecule has 0 aliphatic carbocycles. The van der Waals surface area contributed by atoms with Gasteiger partial charge in [-0.25, -0.2) is 9.13 Å². The zero-order valence-electron chi connectivity index (χ0n) is 38.3. The van der Waals surface area contributed by atoms with Gasteiger partial charge in [-0.05, 0) is 96.3 Å². The number of carbonyl (C=O) groups is 2. The molecule has 14 nitrogen and oxygen atoms in total. The van der Waals surface area contributed by atoms with Crippen molar-refractivity contribution in [2.45, 2.75) is 167 Å². The molecule has 64 heavy (non-hydrogen) atoms. The Balaban J connectivity index is 2.42. The molecule has 0 aromatic heterocycles. The van der Waals surface area contributed by atoms with Crippen LogP contribution in [0.25, 0.3) is 0 Å². The van der Waals surface area contributed by atoms with Gasteiger partial charge in [0, 0.05) is 12.8 Å². The fourth-order valence-corrected chi connectivity index (χ4v) is 6.92. The van der Waals surface area contributed by atoms with Gasteiger partial charge in [0.25, 0.3) is 0 Å². The van der Waals surface area contributed by atoms with Gasteiger partial charge in [0.2, 0.25) is 0 Å². The number of unbranched alkanes of at least 4 members (excludes halogenated alkanes) is 7. The second-order valence-corrected chi connectivity index (χ2v) is 18.0. The highest BCUT2D eigenvalue weighted by atomic mass is 31.2. The second kappa shape index (κ2) is 39.2. The van der Waals surface area contributed by atoms with E-state index < -0.39 is 66.2 Å². The van der Waals surface area contributed by atoms with Gasteiger partial charge in [0.1, 0.15) is 12.7 Å². The fourth-order valence-electron chi connectivity index (χ4n) is 5.76. The maximum Gasteiger partial charge on any atom is 0.472 e. The molecule has 1 aliphatic heterocycles. The van der Waals surface area contributed by atoms with Crippen LogP contribution in [0.4, 0.5) is 0 Å². The molecule has 0 saturated carbocycles. The molecular formula is C48H78O14P2. The van der Waals surface area contributed by atoms with Crippen molar-refractivity contribution in [2.24, 2.45) is 0 Å². The van der Waals surface area contributed by atoms with E-state index in [-0.39, 0.29) is 25.0 Å². The van der Waals surface area contributed by atoms with Crippen molar-refractivity contribution in [3.8, 4) is 0 Å². The minimum Gasteiger partial charge on any atom is -0.462 e. The number of aliphatic hydroxyl groups excluding tert-OH is 1. The normalized spacial score (nSPS) is 18.0. The number of esters is 2. The number of rotatable bonds is 41. The zero-order chi connectivity index (χ0) is 47.0. The second-order valence-electron chi connectivity index (χ2n) is 15.3. The summed E-state index contributed by atoms with van der Waals surface area (Å²) >= 11 is 0. The first-order valence-electron chi connectivity index (χ1n) is 23.1. The molecule has 1 aliphatic rings. The van der Waals surface area contributed by atoms with Crippen molar-refractivity contribution in [1.29, 1.82) is 0 Å². The van der Waals surface area contributed by atoms with Gasteiger partial charge in [-0.15, -0.1) is 0 Å². The molecule has 5 atom stereocenters. The average Bonchev–Trinajstić information content (AvgIpc) is 4.02. The number of ether oxygens (including phenoxy) is 3. The van der Waals surface area contributed by atoms with E-state index in [0.29, 0.717) is 19.3 Å². The van der Waals surface area contributed by atoms with Crippen LogP contribution in [0, 0.1) is 0 Å². The van der Waals surface area contributed by atoms with Crippen LogP contribution < -0.4 is 0 Å². The fraction of sp³-hybridized carbons (Fsp3) is 0.625. The number of allylic oxidation sites excluding steroid dienone is 14. The predicted molar refractivity (Wildman–Crippen MR) is 252 cm³/mol. The molecule has 0 radical (unpaired) electrons. The van der Waals surface area contributed by atoms with Crippen LogP contribution in [-0.2, 0) is 46.5 Å². The maximum atomic E-state index is 12.7. The third-order valence-corrected chi connectivity index (χ3v) is 10.8. The molecule has 0 amide bonds. The summed E-state index contributed by atoms with van der Waals surface area (Å²) in [4.78, 5) is 52.8. The number of hydrogen-bond donors (Lipinski definition) is 4. The maximum absolute atomic E-state index is 12.7. The molecule has 0 aromatic rings. The lowest BCUT2D eigenvalue weighted by Gasteiger charge is -2.20. The Bertz CT molecular complexity index is 1560. The number of hydrogen-bond acceptors (Lipinski definition) is 11. The van der Waals surface area contributed by atoms with Crippen molar-refractivity contribution in [3.05, 3.63) is 97.2 Å². The van der Waals surface area contributed by atoms with Crippen LogP contribution in [0.3, 0.4) is 0 Å². The smallest absolute Gasteiger partial charge is 0.462 e. The highest BCUT2D eigenvalue weighted by Crippen LogP contribution is 2.44. The van der Waals surface area contributed by atoms with Crippen LogP contribution in [-0.4, -0.2) is 82.6 Å². The Morgan fingerprint density at radius 1 is 0.547 bits per heavy atom. The first kappa shape index (κ1) is 59.0. The Hall–Kier alpha value is -3.00. The van der Waals surface area contributed by atoms with Crippen LogP contribution in [0.15, 0.2) is 97.2 Å². The largest absolute Gasteiger partial charge is 0.472 e. The van der Waals surface area contributed by atoms with Crippen molar-refractivity contribution in [1.82, 2.24) is 0 Å². The highest BCUT2D eigenvalue weighted by molar-refractivity contribution is 7.47. The third kappa shape index (κ3) is 39.4. The molecule has 1 saturated heterocycles. The Labute approximate surface area is 383 Å². The molecule has 1 fully saturated rings. The monoisotopic (exact) mass is 940 g/mol. The Kier molecular flexibility index (Phi) is 36.1. The van der Waals surface area contributed by atoms with Crippen molar-refractivity contribution in [2.75, 3.05) is 26.4 Å². The number of carbonyl (C=O) groups excluding carboxylic acids is 2. The summed E-state index contributed by atoms with van der Waals surface area (Å²) in [7, 11) is -9.73. The predicted octanol–water partition coefficient (Wildman–Crippen LogP) is 11.1. The highest BCUT2D eigenvalue weighted by Gasteiger charge is 2.36. The lowest BCUT2D eigenvalue weighted by atomic mass is 10.1. The number of phosphoric acid groups is 2. The third-order valence-electron chi connectivity index (χ3n) is 9.35. The van der Waals surface area contributed by atoms with E-state index in [4.69, 9.17) is 28.5 Å². The van der Waals surface area contributed by atoms with E-state index in [0.717, 1.165) is 77.0 Å². The standard InChI is InChI=1S/C48H78O14P2/c1-3-5-7-9-11-13-14-15-16-17-18-19-20-21-22-24-26-28-33-37-47(50)57-41-44(42-60-64(55,56)59-40-43(49)39-58-63(52,53)54)61-48(51)38-34-30-29-32-36-46-45(62-46)35-31-27-25-23-12-10-8-6-4-2/h5,7,11-13,15-16,18-19,21-23,27,29,31-32,43-46,49H,3-4,6,8-10,14,17,20,24-26,28,30,33-42H2,1-2H3,(H,55,56)(H2,52,53,54)/b7-5-,13-11-,16-15-,19-18-,22-21-,23-12-,31-27-,32-29-/t43-,44+,45?,46?/m0/s1. The van der Waals surface area contributed by atoms with Gasteiger partial charge < -0.3 is 34.0 Å². The average molecular weight is 941 g/mol. The molecule has 16 heteroatoms. The van der Waals surface area contributed by atoms with Crippen molar-refractivity contribution < 1.29 is 66.3 Å². The summed E-state index contributed by atoms with van der Waals surface area (Å²) in [5, 5.41) is 9.77. The van der Waals surface area contributed by atoms with Crippen molar-refractivity contribution >= 4 is 27.6 Å². The topological polar surface area (TPSA) is 208 Å². The first-order valence-corrected chi connectivity index (χ1v) is 26.1. The van der Waals surface area contributed by atoms with E-state index in [1.54, 1.807) is 0 Å². The first-order chi connectivity index (χ1) is 30.8. The van der Waals surface area contributed by atoms with Crippen molar-refractivity contribution in [3.63, 3.8) is 0 Å². The molecule has 1 heterocycles. The Morgan fingerprint density at radius 2 is 1.02 bits per heavy atom. The van der Waals surface area contributed by atoms with Crippen LogP contribution >= 0.6 is 15.6 Å². The van der Waals surface area contributed by atoms with Crippen LogP contribution in [0.1, 0.15) is 142 Å². The van der Waals surface area contributed by atoms with E-state index in [1.165, 1.54) is 19.3 Å². The van der Waals surface area contributed by atoms with Gasteiger partial charge in [-0.2, -0.15) is 0 Å². The molecule has 364 valence electrons. The quantitative estimate of drug-likeness (QED) is 0.0148. The number of epoxide rings is 1. The van der Waals surface area contributed by atoms with Gasteiger partial charge in [0.05, 0.1) is 32.0 Å². The van der Waals surface area contributed by atoms with Gasteiger partial charge in [-0.1, -0.05) is 130 Å². The molecule has 0 spiro atoms. The summed E-state index contributed by atoms with van der Waals surface area (Å²) in [6.45, 7) is 1.49. The summed E-state index contributed by atoms with van der Waals surface area (Å²) in [5.41, 5.74) is 0. The molecule has 0 bridgehead atoms. The molecule has 0 aromatic carbocycles. The zero-order valence-corrected chi connectivity index (χ0v) is 40.1. The van der Waals surface area contributed by atoms with Gasteiger partial charge >= 0.3 is 27.6 Å². The van der Waals surface area contributed by atoms with Crippen LogP contribution in [0.5, 0.6) is 0 Å². The molecule has 1 rings (SSSR count). The molecule has 4 N–H and O–H groups in total. The number of aliphatic hydroxyl groups is 1. The summed E-state index contributed by atoms with van der Waals surface area (Å²) in [6, 6.07) is 0.